The van der Waals surface area contributed by atoms with Gasteiger partial charge in [0, 0.05) is 12.0 Å². The number of carbonyl (C=O) groups excluding carboxylic acids is 1. The summed E-state index contributed by atoms with van der Waals surface area (Å²) in [6, 6.07) is 3.22. The van der Waals surface area contributed by atoms with Crippen LogP contribution in [-0.4, -0.2) is 11.4 Å². The van der Waals surface area contributed by atoms with E-state index in [1.54, 1.807) is 0 Å². The number of hydrogen-bond acceptors (Lipinski definition) is 2. The summed E-state index contributed by atoms with van der Waals surface area (Å²) in [4.78, 5) is 10.3. The Kier molecular flexibility index (Phi) is 3.57. The van der Waals surface area contributed by atoms with Gasteiger partial charge in [-0.3, -0.25) is 0 Å². The van der Waals surface area contributed by atoms with E-state index in [-0.39, 0.29) is 12.0 Å². The highest BCUT2D eigenvalue weighted by atomic mass is 19.4. The van der Waals surface area contributed by atoms with Crippen molar-refractivity contribution in [1.82, 2.24) is 0 Å². The summed E-state index contributed by atoms with van der Waals surface area (Å²) in [6.07, 6.45) is -4.04. The summed E-state index contributed by atoms with van der Waals surface area (Å²) < 4.78 is 37.9. The molecular weight excluding hydrogens is 221 g/mol. The Morgan fingerprint density at radius 1 is 1.44 bits per heavy atom. The molecule has 1 N–H and O–H groups in total. The van der Waals surface area contributed by atoms with E-state index in [0.29, 0.717) is 6.29 Å². The average Bonchev–Trinajstić information content (AvgIpc) is 2.16. The maximum atomic E-state index is 12.6. The number of phenols is 1. The van der Waals surface area contributed by atoms with Crippen LogP contribution < -0.4 is 0 Å². The minimum Gasteiger partial charge on any atom is -0.508 e. The van der Waals surface area contributed by atoms with Crippen molar-refractivity contribution < 1.29 is 23.1 Å². The summed E-state index contributed by atoms with van der Waals surface area (Å²) in [5.41, 5.74) is -1.11. The van der Waals surface area contributed by atoms with E-state index in [2.05, 4.69) is 0 Å². The summed E-state index contributed by atoms with van der Waals surface area (Å²) >= 11 is 0. The predicted molar refractivity (Wildman–Crippen MR) is 52.2 cm³/mol. The van der Waals surface area contributed by atoms with Gasteiger partial charge in [-0.15, -0.1) is 0 Å². The number of hydrogen-bond donors (Lipinski definition) is 1. The van der Waals surface area contributed by atoms with E-state index in [4.69, 9.17) is 0 Å². The number of alkyl halides is 3. The normalized spacial score (nSPS) is 13.5. The van der Waals surface area contributed by atoms with Gasteiger partial charge in [-0.1, -0.05) is 13.0 Å². The minimum atomic E-state index is -4.52. The van der Waals surface area contributed by atoms with Gasteiger partial charge in [0.2, 0.25) is 0 Å². The lowest BCUT2D eigenvalue weighted by Gasteiger charge is -2.17. The quantitative estimate of drug-likeness (QED) is 0.813. The number of halogens is 3. The second-order valence-electron chi connectivity index (χ2n) is 3.54. The fourth-order valence-corrected chi connectivity index (χ4v) is 1.58. The number of aldehydes is 1. The van der Waals surface area contributed by atoms with E-state index in [0.717, 1.165) is 12.1 Å². The fraction of sp³-hybridized carbons (Fsp3) is 0.364. The van der Waals surface area contributed by atoms with E-state index in [1.165, 1.54) is 13.0 Å². The largest absolute Gasteiger partial charge is 0.508 e. The molecule has 0 aliphatic rings. The van der Waals surface area contributed by atoms with Crippen LogP contribution in [0.4, 0.5) is 13.2 Å². The van der Waals surface area contributed by atoms with E-state index < -0.39 is 23.4 Å². The van der Waals surface area contributed by atoms with Crippen LogP contribution in [0, 0.1) is 0 Å². The van der Waals surface area contributed by atoms with Gasteiger partial charge in [0.05, 0.1) is 5.56 Å². The van der Waals surface area contributed by atoms with Crippen molar-refractivity contribution in [2.24, 2.45) is 0 Å². The Labute approximate surface area is 90.7 Å². The maximum absolute atomic E-state index is 12.6. The van der Waals surface area contributed by atoms with Gasteiger partial charge >= 0.3 is 6.18 Å². The van der Waals surface area contributed by atoms with Gasteiger partial charge in [-0.2, -0.15) is 13.2 Å². The van der Waals surface area contributed by atoms with Crippen LogP contribution >= 0.6 is 0 Å². The fourth-order valence-electron chi connectivity index (χ4n) is 1.58. The van der Waals surface area contributed by atoms with Gasteiger partial charge in [-0.25, -0.2) is 0 Å². The highest BCUT2D eigenvalue weighted by Crippen LogP contribution is 2.39. The zero-order chi connectivity index (χ0) is 12.3. The molecule has 0 aliphatic carbocycles. The summed E-state index contributed by atoms with van der Waals surface area (Å²) in [7, 11) is 0. The zero-order valence-corrected chi connectivity index (χ0v) is 8.58. The third kappa shape index (κ3) is 2.53. The second kappa shape index (κ2) is 4.55. The maximum Gasteiger partial charge on any atom is 0.416 e. The molecule has 0 fully saturated rings. The molecule has 0 saturated heterocycles. The molecule has 16 heavy (non-hydrogen) atoms. The Balaban J connectivity index is 3.29. The SMILES string of the molecule is CC(CC=O)c1c(O)cccc1C(F)(F)F. The highest BCUT2D eigenvalue weighted by molar-refractivity contribution is 5.54. The van der Waals surface area contributed by atoms with Crippen LogP contribution in [0.25, 0.3) is 0 Å². The first-order valence-electron chi connectivity index (χ1n) is 4.70. The Bertz CT molecular complexity index is 385. The number of benzene rings is 1. The van der Waals surface area contributed by atoms with Crippen LogP contribution in [0.15, 0.2) is 18.2 Å². The molecule has 1 aromatic carbocycles. The molecule has 1 rings (SSSR count). The van der Waals surface area contributed by atoms with Crippen LogP contribution in [0.3, 0.4) is 0 Å². The average molecular weight is 232 g/mol. The molecule has 0 aliphatic heterocycles. The predicted octanol–water partition coefficient (Wildman–Crippen LogP) is 3.10. The number of carbonyl (C=O) groups is 1. The molecule has 1 unspecified atom stereocenters. The molecule has 0 saturated carbocycles. The monoisotopic (exact) mass is 232 g/mol. The second-order valence-corrected chi connectivity index (χ2v) is 3.54. The van der Waals surface area contributed by atoms with Gasteiger partial charge in [0.1, 0.15) is 12.0 Å². The van der Waals surface area contributed by atoms with Gasteiger partial charge in [0.15, 0.2) is 0 Å². The minimum absolute atomic E-state index is 0.0549. The van der Waals surface area contributed by atoms with Crippen molar-refractivity contribution in [3.8, 4) is 5.75 Å². The van der Waals surface area contributed by atoms with E-state index in [9.17, 15) is 23.1 Å². The molecule has 2 nitrogen and oxygen atoms in total. The van der Waals surface area contributed by atoms with Crippen LogP contribution in [-0.2, 0) is 11.0 Å². The lowest BCUT2D eigenvalue weighted by Crippen LogP contribution is -2.11. The molecule has 0 aromatic heterocycles. The van der Waals surface area contributed by atoms with Crippen molar-refractivity contribution in [2.45, 2.75) is 25.4 Å². The molecule has 0 heterocycles. The molecule has 0 amide bonds. The highest BCUT2D eigenvalue weighted by Gasteiger charge is 2.35. The zero-order valence-electron chi connectivity index (χ0n) is 8.58. The van der Waals surface area contributed by atoms with Crippen molar-refractivity contribution >= 4 is 6.29 Å². The number of phenolic OH excluding ortho intramolecular Hbond substituents is 1. The first-order chi connectivity index (χ1) is 7.38. The van der Waals surface area contributed by atoms with E-state index >= 15 is 0 Å². The van der Waals surface area contributed by atoms with Crippen molar-refractivity contribution in [2.75, 3.05) is 0 Å². The Morgan fingerprint density at radius 2 is 2.06 bits per heavy atom. The number of rotatable bonds is 3. The molecule has 1 aromatic rings. The van der Waals surface area contributed by atoms with Crippen LogP contribution in [0.5, 0.6) is 5.75 Å². The lowest BCUT2D eigenvalue weighted by molar-refractivity contribution is -0.138. The standard InChI is InChI=1S/C11H11F3O2/c1-7(5-6-15)10-8(11(12,13)14)3-2-4-9(10)16/h2-4,6-7,16H,5H2,1H3. The van der Waals surface area contributed by atoms with Crippen molar-refractivity contribution in [3.05, 3.63) is 29.3 Å². The summed E-state index contributed by atoms with van der Waals surface area (Å²) in [5.74, 6) is -1.08. The lowest BCUT2D eigenvalue weighted by atomic mass is 9.92. The van der Waals surface area contributed by atoms with Gasteiger partial charge in [0.25, 0.3) is 0 Å². The summed E-state index contributed by atoms with van der Waals surface area (Å²) in [6.45, 7) is 1.47. The molecule has 1 atom stereocenters. The molecular formula is C11H11F3O2. The molecule has 88 valence electrons. The molecule has 0 spiro atoms. The van der Waals surface area contributed by atoms with Gasteiger partial charge in [-0.05, 0) is 18.1 Å². The number of aromatic hydroxyl groups is 1. The van der Waals surface area contributed by atoms with E-state index in [1.807, 2.05) is 0 Å². The Hall–Kier alpha value is -1.52. The van der Waals surface area contributed by atoms with Crippen molar-refractivity contribution in [1.29, 1.82) is 0 Å². The third-order valence-corrected chi connectivity index (χ3v) is 2.33. The first kappa shape index (κ1) is 12.5. The van der Waals surface area contributed by atoms with Crippen LogP contribution in [0.2, 0.25) is 0 Å². The van der Waals surface area contributed by atoms with Crippen LogP contribution in [0.1, 0.15) is 30.4 Å². The summed E-state index contributed by atoms with van der Waals surface area (Å²) in [5, 5.41) is 9.44. The topological polar surface area (TPSA) is 37.3 Å². The molecule has 0 radical (unpaired) electrons. The molecule has 0 bridgehead atoms. The first-order valence-corrected chi connectivity index (χ1v) is 4.70. The third-order valence-electron chi connectivity index (χ3n) is 2.33. The molecule has 5 heteroatoms. The van der Waals surface area contributed by atoms with Crippen molar-refractivity contribution in [3.63, 3.8) is 0 Å². The van der Waals surface area contributed by atoms with Gasteiger partial charge < -0.3 is 9.90 Å². The Morgan fingerprint density at radius 3 is 2.56 bits per heavy atom. The smallest absolute Gasteiger partial charge is 0.416 e.